The van der Waals surface area contributed by atoms with Gasteiger partial charge in [-0.1, -0.05) is 11.6 Å². The summed E-state index contributed by atoms with van der Waals surface area (Å²) in [5, 5.41) is 0.0235. The van der Waals surface area contributed by atoms with Crippen molar-refractivity contribution in [2.45, 2.75) is 11.8 Å². The van der Waals surface area contributed by atoms with E-state index in [9.17, 15) is 18.0 Å². The Morgan fingerprint density at radius 2 is 1.72 bits per heavy atom. The lowest BCUT2D eigenvalue weighted by Crippen LogP contribution is -2.36. The average molecular weight is 442 g/mol. The molecule has 0 spiro atoms. The number of carbonyl (C=O) groups excluding carboxylic acids is 2. The van der Waals surface area contributed by atoms with E-state index in [0.717, 1.165) is 11.4 Å². The lowest BCUT2D eigenvalue weighted by atomic mass is 10.2. The minimum atomic E-state index is -4.24. The highest BCUT2D eigenvalue weighted by Gasteiger charge is 2.30. The number of sulfonamides is 1. The largest absolute Gasteiger partial charge is 0.496 e. The van der Waals surface area contributed by atoms with Gasteiger partial charge in [-0.05, 0) is 48.9 Å². The number of carbonyl (C=O) groups is 2. The second kappa shape index (κ2) is 9.15. The van der Waals surface area contributed by atoms with Gasteiger partial charge in [0, 0.05) is 0 Å². The zero-order chi connectivity index (χ0) is 21.8. The van der Waals surface area contributed by atoms with Gasteiger partial charge in [0.2, 0.25) is 0 Å². The van der Waals surface area contributed by atoms with Gasteiger partial charge in [-0.15, -0.1) is 0 Å². The van der Waals surface area contributed by atoms with Crippen LogP contribution in [-0.2, 0) is 24.3 Å². The second-order valence-corrected chi connectivity index (χ2v) is 8.15. The number of aryl methyl sites for hydroxylation is 1. The van der Waals surface area contributed by atoms with Crippen LogP contribution < -0.4 is 9.04 Å². The van der Waals surface area contributed by atoms with Crippen molar-refractivity contribution in [3.05, 3.63) is 52.5 Å². The summed E-state index contributed by atoms with van der Waals surface area (Å²) in [6.07, 6.45) is 0. The molecule has 0 heterocycles. The summed E-state index contributed by atoms with van der Waals surface area (Å²) >= 11 is 6.21. The van der Waals surface area contributed by atoms with Crippen LogP contribution in [0, 0.1) is 6.92 Å². The molecule has 0 fully saturated rings. The Balaban J connectivity index is 2.66. The average Bonchev–Trinajstić information content (AvgIpc) is 2.71. The summed E-state index contributed by atoms with van der Waals surface area (Å²) in [6, 6.07) is 8.25. The highest BCUT2D eigenvalue weighted by Crippen LogP contribution is 2.33. The van der Waals surface area contributed by atoms with Gasteiger partial charge in [0.05, 0.1) is 42.5 Å². The van der Waals surface area contributed by atoms with E-state index in [4.69, 9.17) is 16.3 Å². The Kier molecular flexibility index (Phi) is 7.10. The van der Waals surface area contributed by atoms with Crippen LogP contribution in [0.15, 0.2) is 41.3 Å². The number of rotatable bonds is 7. The third-order valence-corrected chi connectivity index (χ3v) is 6.17. The van der Waals surface area contributed by atoms with Gasteiger partial charge in [0.25, 0.3) is 10.0 Å². The first kappa shape index (κ1) is 22.5. The molecule has 2 rings (SSSR count). The number of esters is 2. The maximum Gasteiger partial charge on any atom is 0.337 e. The van der Waals surface area contributed by atoms with E-state index in [0.29, 0.717) is 11.3 Å². The smallest absolute Gasteiger partial charge is 0.337 e. The zero-order valence-corrected chi connectivity index (χ0v) is 17.8. The third kappa shape index (κ3) is 4.80. The number of methoxy groups -OCH3 is 3. The van der Waals surface area contributed by atoms with Crippen molar-refractivity contribution in [1.82, 2.24) is 0 Å². The van der Waals surface area contributed by atoms with Crippen molar-refractivity contribution < 1.29 is 32.2 Å². The van der Waals surface area contributed by atoms with Crippen molar-refractivity contribution in [3.63, 3.8) is 0 Å². The molecule has 10 heteroatoms. The Morgan fingerprint density at radius 3 is 2.28 bits per heavy atom. The van der Waals surface area contributed by atoms with Crippen LogP contribution >= 0.6 is 11.6 Å². The molecular formula is C19H20ClNO7S. The van der Waals surface area contributed by atoms with Crippen LogP contribution in [0.2, 0.25) is 5.02 Å². The molecule has 156 valence electrons. The number of hydrogen-bond acceptors (Lipinski definition) is 7. The molecule has 0 aliphatic carbocycles. The molecular weight excluding hydrogens is 422 g/mol. The topological polar surface area (TPSA) is 99.2 Å². The second-order valence-electron chi connectivity index (χ2n) is 5.88. The Hall–Kier alpha value is -2.78. The fraction of sp³-hybridized carbons (Fsp3) is 0.263. The van der Waals surface area contributed by atoms with E-state index in [-0.39, 0.29) is 21.2 Å². The standard InChI is InChI=1S/C19H20ClNO7S/c1-12-9-14(6-8-17(12)26-2)29(24,25)21(11-18(22)27-3)16-10-13(19(23)28-4)5-7-15(16)20/h5-10H,11H2,1-4H3. The SMILES string of the molecule is COC(=O)CN(c1cc(C(=O)OC)ccc1Cl)S(=O)(=O)c1ccc(OC)c(C)c1. The number of hydrogen-bond donors (Lipinski definition) is 0. The zero-order valence-electron chi connectivity index (χ0n) is 16.3. The van der Waals surface area contributed by atoms with Gasteiger partial charge in [0.15, 0.2) is 0 Å². The maximum atomic E-state index is 13.3. The minimum absolute atomic E-state index is 0.0235. The Bertz CT molecular complexity index is 1040. The van der Waals surface area contributed by atoms with Crippen LogP contribution in [0.3, 0.4) is 0 Å². The highest BCUT2D eigenvalue weighted by atomic mass is 35.5. The molecule has 0 radical (unpaired) electrons. The molecule has 0 saturated heterocycles. The Morgan fingerprint density at radius 1 is 1.03 bits per heavy atom. The first-order chi connectivity index (χ1) is 13.6. The van der Waals surface area contributed by atoms with Crippen molar-refractivity contribution in [2.24, 2.45) is 0 Å². The molecule has 8 nitrogen and oxygen atoms in total. The molecule has 2 aromatic rings. The molecule has 0 bridgehead atoms. The van der Waals surface area contributed by atoms with Gasteiger partial charge >= 0.3 is 11.9 Å². The molecule has 29 heavy (non-hydrogen) atoms. The van der Waals surface area contributed by atoms with E-state index in [2.05, 4.69) is 9.47 Å². The van der Waals surface area contributed by atoms with Gasteiger partial charge in [-0.25, -0.2) is 13.2 Å². The van der Waals surface area contributed by atoms with Crippen molar-refractivity contribution in [3.8, 4) is 5.75 Å². The predicted molar refractivity (Wildman–Crippen MR) is 107 cm³/mol. The lowest BCUT2D eigenvalue weighted by Gasteiger charge is -2.25. The van der Waals surface area contributed by atoms with Gasteiger partial charge < -0.3 is 14.2 Å². The molecule has 0 atom stereocenters. The minimum Gasteiger partial charge on any atom is -0.496 e. The van der Waals surface area contributed by atoms with Gasteiger partial charge in [-0.3, -0.25) is 9.10 Å². The van der Waals surface area contributed by atoms with E-state index >= 15 is 0 Å². The van der Waals surface area contributed by atoms with E-state index < -0.39 is 28.5 Å². The molecule has 0 aliphatic heterocycles. The van der Waals surface area contributed by atoms with Crippen molar-refractivity contribution in [2.75, 3.05) is 32.2 Å². The molecule has 0 amide bonds. The molecule has 2 aromatic carbocycles. The molecule has 0 aromatic heterocycles. The number of ether oxygens (including phenoxy) is 3. The van der Waals surface area contributed by atoms with Crippen LogP contribution in [0.25, 0.3) is 0 Å². The Labute approximate surface area is 174 Å². The normalized spacial score (nSPS) is 10.9. The summed E-state index contributed by atoms with van der Waals surface area (Å²) in [5.74, 6) is -0.980. The monoisotopic (exact) mass is 441 g/mol. The quantitative estimate of drug-likeness (QED) is 0.609. The lowest BCUT2D eigenvalue weighted by molar-refractivity contribution is -0.138. The number of anilines is 1. The first-order valence-electron chi connectivity index (χ1n) is 8.27. The molecule has 0 unspecified atom stereocenters. The fourth-order valence-electron chi connectivity index (χ4n) is 2.57. The number of nitrogens with zero attached hydrogens (tertiary/aromatic N) is 1. The predicted octanol–water partition coefficient (Wildman–Crippen LogP) is 2.81. The van der Waals surface area contributed by atoms with E-state index in [1.807, 2.05) is 0 Å². The van der Waals surface area contributed by atoms with Crippen LogP contribution in [-0.4, -0.2) is 48.2 Å². The summed E-state index contributed by atoms with van der Waals surface area (Å²) in [6.45, 7) is 1.04. The van der Waals surface area contributed by atoms with Crippen LogP contribution in [0.4, 0.5) is 5.69 Å². The molecule has 0 aliphatic rings. The first-order valence-corrected chi connectivity index (χ1v) is 10.1. The molecule has 0 saturated carbocycles. The summed E-state index contributed by atoms with van der Waals surface area (Å²) in [4.78, 5) is 23.7. The summed E-state index contributed by atoms with van der Waals surface area (Å²) in [7, 11) is -0.437. The maximum absolute atomic E-state index is 13.3. The van der Waals surface area contributed by atoms with Gasteiger partial charge in [0.1, 0.15) is 12.3 Å². The van der Waals surface area contributed by atoms with Crippen molar-refractivity contribution >= 4 is 39.3 Å². The third-order valence-electron chi connectivity index (χ3n) is 4.09. The van der Waals surface area contributed by atoms with Gasteiger partial charge in [-0.2, -0.15) is 0 Å². The van der Waals surface area contributed by atoms with E-state index in [1.54, 1.807) is 6.92 Å². The van der Waals surface area contributed by atoms with Crippen LogP contribution in [0.1, 0.15) is 15.9 Å². The van der Waals surface area contributed by atoms with Crippen molar-refractivity contribution in [1.29, 1.82) is 0 Å². The van der Waals surface area contributed by atoms with E-state index in [1.165, 1.54) is 50.6 Å². The summed E-state index contributed by atoms with van der Waals surface area (Å²) < 4.78 is 41.9. The van der Waals surface area contributed by atoms with Crippen LogP contribution in [0.5, 0.6) is 5.75 Å². The number of benzene rings is 2. The fourth-order valence-corrected chi connectivity index (χ4v) is 4.34. The number of halogens is 1. The highest BCUT2D eigenvalue weighted by molar-refractivity contribution is 7.92. The molecule has 0 N–H and O–H groups in total. The summed E-state index contributed by atoms with van der Waals surface area (Å²) in [5.41, 5.74) is 0.595.